The van der Waals surface area contributed by atoms with Gasteiger partial charge in [-0.05, 0) is 262 Å². The molecular formula is C96H92N6O2. The van der Waals surface area contributed by atoms with E-state index in [2.05, 4.69) is 268 Å². The molecule has 15 rings (SSSR count). The van der Waals surface area contributed by atoms with Crippen LogP contribution in [0.1, 0.15) is 258 Å². The van der Waals surface area contributed by atoms with Gasteiger partial charge in [0.1, 0.15) is 11.2 Å². The van der Waals surface area contributed by atoms with Crippen LogP contribution in [0.2, 0.25) is 0 Å². The third-order valence-corrected chi connectivity index (χ3v) is 21.3. The molecule has 6 heterocycles. The molecule has 0 amide bonds. The fraction of sp³-hybridized carbons (Fsp3) is 0.375. The van der Waals surface area contributed by atoms with Crippen molar-refractivity contribution in [2.45, 2.75) is 235 Å². The molecule has 8 heteroatoms. The third-order valence-electron chi connectivity index (χ3n) is 21.3. The Bertz CT molecular complexity index is 6080. The van der Waals surface area contributed by atoms with Crippen molar-refractivity contribution in [3.63, 3.8) is 0 Å². The molecule has 0 saturated heterocycles. The van der Waals surface area contributed by atoms with E-state index < -0.39 is 11.2 Å². The second kappa shape index (κ2) is 23.7. The van der Waals surface area contributed by atoms with E-state index in [9.17, 15) is 10.2 Å². The van der Waals surface area contributed by atoms with Crippen molar-refractivity contribution in [1.82, 2.24) is 0 Å². The molecule has 6 aromatic carbocycles. The molecule has 518 valence electrons. The van der Waals surface area contributed by atoms with Crippen LogP contribution in [0.15, 0.2) is 137 Å². The lowest BCUT2D eigenvalue weighted by Crippen LogP contribution is -2.31. The second-order valence-electron chi connectivity index (χ2n) is 36.8. The van der Waals surface area contributed by atoms with E-state index in [1.54, 1.807) is 27.7 Å². The molecule has 0 unspecified atom stereocenters. The molecule has 6 aromatic rings. The summed E-state index contributed by atoms with van der Waals surface area (Å²) in [5.41, 5.74) is 21.6. The standard InChI is InChI=1S/C96H92N6O2/c1-89(2,3)59-41-53(27-23-25-29-55-43-61(91(7,8)9)49-73-79(55)67-33-35-69-81-57(37-39-95(19,20)103)45-63(93(13,14)15)51-75(81)101-87(69)85(67)99-73)77-65-31-32-66-78-54(42-60(90(4,5)6)48-72(78)98-84(66)83(65)97-71(77)47-59)28-24-26-30-56-44-62(92(10,11)12)50-74-80(56)68-34-36-70-82-58(38-40-96(21,22)104)46-64(94(16,17)18)52-76(82)102-88(70)86(68)100-74/h41-52,103-104H,31-36H2,1-22H3. The van der Waals surface area contributed by atoms with Gasteiger partial charge in [0.2, 0.25) is 0 Å². The zero-order valence-electron chi connectivity index (χ0n) is 64.7. The topological polar surface area (TPSA) is 115 Å². The summed E-state index contributed by atoms with van der Waals surface area (Å²) in [6.45, 7) is 47.0. The maximum Gasteiger partial charge on any atom is 0.120 e. The highest BCUT2D eigenvalue weighted by atomic mass is 16.3. The van der Waals surface area contributed by atoms with Crippen LogP contribution in [0.4, 0.5) is 0 Å². The first kappa shape index (κ1) is 69.6. The predicted molar refractivity (Wildman–Crippen MR) is 419 cm³/mol. The molecular weight excluding hydrogens is 1270 g/mol. The highest BCUT2D eigenvalue weighted by Crippen LogP contribution is 2.42. The first-order valence-electron chi connectivity index (χ1n) is 36.9. The zero-order chi connectivity index (χ0) is 74.2. The molecule has 9 aliphatic rings. The van der Waals surface area contributed by atoms with Gasteiger partial charge in [-0.25, -0.2) is 30.0 Å². The first-order chi connectivity index (χ1) is 48.5. The summed E-state index contributed by atoms with van der Waals surface area (Å²) in [7, 11) is 0. The monoisotopic (exact) mass is 1360 g/mol. The van der Waals surface area contributed by atoms with Gasteiger partial charge in [-0.2, -0.15) is 0 Å². The minimum Gasteiger partial charge on any atom is -0.378 e. The molecule has 104 heavy (non-hydrogen) atoms. The lowest BCUT2D eigenvalue weighted by molar-refractivity contribution is 0.143. The van der Waals surface area contributed by atoms with E-state index in [-0.39, 0.29) is 32.5 Å². The van der Waals surface area contributed by atoms with Crippen LogP contribution in [-0.2, 0) is 32.5 Å². The summed E-state index contributed by atoms with van der Waals surface area (Å²) >= 11 is 0. The molecule has 0 radical (unpaired) electrons. The number of aliphatic hydroxyl groups is 2. The van der Waals surface area contributed by atoms with Gasteiger partial charge < -0.3 is 10.2 Å². The molecule has 8 nitrogen and oxygen atoms in total. The van der Waals surface area contributed by atoms with Crippen molar-refractivity contribution in [2.24, 2.45) is 30.0 Å². The Morgan fingerprint density at radius 1 is 0.231 bits per heavy atom. The maximum atomic E-state index is 10.7. The number of rotatable bonds is 0. The predicted octanol–water partition coefficient (Wildman–Crippen LogP) is 10.3. The van der Waals surface area contributed by atoms with Gasteiger partial charge >= 0.3 is 0 Å². The van der Waals surface area contributed by atoms with E-state index in [1.807, 2.05) is 0 Å². The van der Waals surface area contributed by atoms with E-state index in [4.69, 9.17) is 30.0 Å². The zero-order valence-corrected chi connectivity index (χ0v) is 64.7. The van der Waals surface area contributed by atoms with E-state index in [1.165, 1.54) is 22.3 Å². The first-order valence-corrected chi connectivity index (χ1v) is 36.9. The van der Waals surface area contributed by atoms with Crippen molar-refractivity contribution in [3.05, 3.63) is 237 Å². The van der Waals surface area contributed by atoms with Gasteiger partial charge in [0, 0.05) is 64.7 Å². The highest BCUT2D eigenvalue weighted by Gasteiger charge is 2.36. The number of allylic oxidation sites excluding steroid dienone is 6. The number of hydrogen-bond acceptors (Lipinski definition) is 8. The Morgan fingerprint density at radius 3 is 0.529 bits per heavy atom. The molecule has 3 aliphatic carbocycles. The van der Waals surface area contributed by atoms with E-state index in [0.29, 0.717) is 0 Å². The number of benzene rings is 6. The van der Waals surface area contributed by atoms with Gasteiger partial charge in [0.25, 0.3) is 0 Å². The van der Waals surface area contributed by atoms with Crippen LogP contribution in [-0.4, -0.2) is 21.4 Å². The fourth-order valence-electron chi connectivity index (χ4n) is 15.4. The van der Waals surface area contributed by atoms with Gasteiger partial charge in [0.05, 0.1) is 66.3 Å². The van der Waals surface area contributed by atoms with Crippen molar-refractivity contribution in [1.29, 1.82) is 0 Å². The highest BCUT2D eigenvalue weighted by molar-refractivity contribution is 5.87. The largest absolute Gasteiger partial charge is 0.378 e. The maximum absolute atomic E-state index is 10.7. The van der Waals surface area contributed by atoms with Gasteiger partial charge in [-0.1, -0.05) is 172 Å². The number of fused-ring (bicyclic) bond motifs is 12. The lowest BCUT2D eigenvalue weighted by atomic mass is 9.84. The summed E-state index contributed by atoms with van der Waals surface area (Å²) in [5, 5.41) is 33.3. The van der Waals surface area contributed by atoms with Crippen molar-refractivity contribution in [3.8, 4) is 71.0 Å². The average Bonchev–Trinajstić information content (AvgIpc) is 1.58. The Labute approximate surface area is 612 Å². The lowest BCUT2D eigenvalue weighted by Gasteiger charge is -2.20. The molecule has 0 bridgehead atoms. The van der Waals surface area contributed by atoms with Crippen molar-refractivity contribution < 1.29 is 10.2 Å². The van der Waals surface area contributed by atoms with Crippen LogP contribution >= 0.6 is 0 Å². The van der Waals surface area contributed by atoms with E-state index >= 15 is 0 Å². The van der Waals surface area contributed by atoms with Crippen LogP contribution in [0.5, 0.6) is 0 Å². The number of hydrogen-bond donors (Lipinski definition) is 2. The van der Waals surface area contributed by atoms with Gasteiger partial charge in [0.15, 0.2) is 0 Å². The molecule has 0 atom stereocenters. The average molecular weight is 1360 g/mol. The van der Waals surface area contributed by atoms with Crippen LogP contribution < -0.4 is 63.5 Å². The van der Waals surface area contributed by atoms with Crippen molar-refractivity contribution in [2.75, 3.05) is 0 Å². The molecule has 0 spiro atoms. The SMILES string of the molecule is CC(C)(O)C#Cc1cc(C(C)(C)C)cc2c1=C1CCC3=c4c(C#CC#Cc5cc(C(C)(C)C)cc6c5=C5CCC7=c8c(C#CC#Cc9cc(C(C)(C)C)cc%10c9=C9CCC%11=c%12c(C#CC(C)(C)O)cc(C(C)(C)C)cc%12=NC%11=C9N=%10)cc(C(C)(C)C)cc8=NC7=C5N=6)cc(C(C)(C)C)cc4=NC3=C1N=2. The fourth-order valence-corrected chi connectivity index (χ4v) is 15.4. The molecule has 0 aromatic heterocycles. The quantitative estimate of drug-likeness (QED) is 0.148. The number of nitrogens with zero attached hydrogens (tertiary/aromatic N) is 6. The van der Waals surface area contributed by atoms with Crippen molar-refractivity contribution >= 4 is 33.4 Å². The summed E-state index contributed by atoms with van der Waals surface area (Å²) < 4.78 is 0. The Morgan fingerprint density at radius 2 is 0.385 bits per heavy atom. The summed E-state index contributed by atoms with van der Waals surface area (Å²) in [5.74, 6) is 40.9. The van der Waals surface area contributed by atoms with Crippen LogP contribution in [0.25, 0.3) is 33.4 Å². The minimum atomic E-state index is -1.14. The normalized spacial score (nSPS) is 16.4. The smallest absolute Gasteiger partial charge is 0.120 e. The van der Waals surface area contributed by atoms with Gasteiger partial charge in [-0.15, -0.1) is 0 Å². The third kappa shape index (κ3) is 12.4. The van der Waals surface area contributed by atoms with Crippen LogP contribution in [0, 0.1) is 71.0 Å². The summed E-state index contributed by atoms with van der Waals surface area (Å²) in [6.07, 6.45) is 4.66. The summed E-state index contributed by atoms with van der Waals surface area (Å²) in [6, 6.07) is 26.8. The Balaban J connectivity index is 0.825. The second-order valence-corrected chi connectivity index (χ2v) is 36.8. The molecule has 0 fully saturated rings. The Hall–Kier alpha value is -10.2. The minimum absolute atomic E-state index is 0.132. The molecule has 2 N–H and O–H groups in total. The summed E-state index contributed by atoms with van der Waals surface area (Å²) in [4.78, 5) is 32.7. The molecule has 0 saturated carbocycles. The molecule has 6 aliphatic heterocycles. The Kier molecular flexibility index (Phi) is 15.8. The van der Waals surface area contributed by atoms with E-state index in [0.717, 1.165) is 214 Å². The van der Waals surface area contributed by atoms with Crippen LogP contribution in [0.3, 0.4) is 0 Å². The van der Waals surface area contributed by atoms with Gasteiger partial charge in [-0.3, -0.25) is 0 Å².